The summed E-state index contributed by atoms with van der Waals surface area (Å²) in [5, 5.41) is 4.19. The summed E-state index contributed by atoms with van der Waals surface area (Å²) >= 11 is 53.7. The summed E-state index contributed by atoms with van der Waals surface area (Å²) < 4.78 is 146. The van der Waals surface area contributed by atoms with Crippen LogP contribution in [0.25, 0.3) is 0 Å². The third-order valence-corrected chi connectivity index (χ3v) is 13.2. The largest absolute Gasteiger partial charge is 0.380 e. The molecular formula is C50H92Br6Cl6O26. The number of halogens is 12. The Hall–Kier alpha value is 3.58. The van der Waals surface area contributed by atoms with E-state index in [1.54, 1.807) is 0 Å². The van der Waals surface area contributed by atoms with Crippen LogP contribution >= 0.6 is 165 Å². The van der Waals surface area contributed by atoms with Crippen molar-refractivity contribution in [3.05, 3.63) is 0 Å². The van der Waals surface area contributed by atoms with Gasteiger partial charge in [0.25, 0.3) is 0 Å². The highest BCUT2D eigenvalue weighted by atomic mass is 79.9. The van der Waals surface area contributed by atoms with Gasteiger partial charge in [-0.15, -0.1) is 0 Å². The van der Waals surface area contributed by atoms with Crippen molar-refractivity contribution >= 4 is 165 Å². The molecule has 0 radical (unpaired) electrons. The predicted octanol–water partition coefficient (Wildman–Crippen LogP) is 9.39. The van der Waals surface area contributed by atoms with Gasteiger partial charge in [-0.2, -0.15) is 0 Å². The summed E-state index contributed by atoms with van der Waals surface area (Å²) in [7, 11) is 0. The van der Waals surface area contributed by atoms with Gasteiger partial charge in [-0.05, 0) is 0 Å². The second-order valence-corrected chi connectivity index (χ2v) is 24.1. The molecule has 0 aliphatic heterocycles. The molecule has 0 unspecified atom stereocenters. The van der Waals surface area contributed by atoms with Crippen LogP contribution in [0.3, 0.4) is 0 Å². The van der Waals surface area contributed by atoms with Gasteiger partial charge in [-0.3, -0.25) is 0 Å². The summed E-state index contributed by atoms with van der Waals surface area (Å²) in [5.41, 5.74) is -3.20. The zero-order chi connectivity index (χ0) is 64.9. The van der Waals surface area contributed by atoms with Crippen molar-refractivity contribution in [3.8, 4) is 0 Å². The fraction of sp³-hybridized carbons (Fsp3) is 1.00. The summed E-state index contributed by atoms with van der Waals surface area (Å²) in [4.78, 5) is 0. The molecule has 26 nitrogen and oxygen atoms in total. The Morgan fingerprint density at radius 2 is 0.273 bits per heavy atom. The van der Waals surface area contributed by atoms with Crippen LogP contribution in [0.4, 0.5) is 0 Å². The van der Waals surface area contributed by atoms with Crippen molar-refractivity contribution in [2.45, 2.75) is 0 Å². The molecule has 0 N–H and O–H groups in total. The zero-order valence-electron chi connectivity index (χ0n) is 49.7. The summed E-state index contributed by atoms with van der Waals surface area (Å²) in [6.45, 7) is 5.76. The van der Waals surface area contributed by atoms with E-state index >= 15 is 0 Å². The predicted molar refractivity (Wildman–Crippen MR) is 351 cm³/mol. The summed E-state index contributed by atoms with van der Waals surface area (Å²) in [6.07, 6.45) is 0. The Balaban J connectivity index is 0. The lowest BCUT2D eigenvalue weighted by atomic mass is 9.90. The minimum absolute atomic E-state index is 0.0412. The van der Waals surface area contributed by atoms with E-state index in [1.807, 2.05) is 0 Å². The molecule has 0 bridgehead atoms. The second-order valence-electron chi connectivity index (χ2n) is 18.0. The maximum Gasteiger partial charge on any atom is 0.148 e. The number of alkyl halides is 12. The van der Waals surface area contributed by atoms with Gasteiger partial charge in [0, 0.05) is 32.0 Å². The molecular weight excluding hydrogens is 1710 g/mol. The Bertz CT molecular complexity index is 1160. The molecule has 0 heterocycles. The minimum Gasteiger partial charge on any atom is -0.380 e. The SMILES string of the molecule is BrCCOCOCC(COCOCCBr)(COCOCCBr)COCC(COCOCCBr)(COCOCCBr)COCOCCBr.ClCOCOCC(COCOCCl)(COCOCCl)COCC(COCOCCl)(COCOCCl)COCOCCl. The first-order valence-corrected chi connectivity index (χ1v) is 36.8. The molecule has 0 aliphatic rings. The lowest BCUT2D eigenvalue weighted by Crippen LogP contribution is -2.46. The lowest BCUT2D eigenvalue weighted by Gasteiger charge is -2.36. The number of hydrogen-bond acceptors (Lipinski definition) is 26. The van der Waals surface area contributed by atoms with Crippen LogP contribution < -0.4 is 0 Å². The highest BCUT2D eigenvalue weighted by Gasteiger charge is 2.39. The van der Waals surface area contributed by atoms with Crippen LogP contribution in [0.2, 0.25) is 0 Å². The Morgan fingerprint density at radius 3 is 0.386 bits per heavy atom. The van der Waals surface area contributed by atoms with E-state index in [1.165, 1.54) is 0 Å². The summed E-state index contributed by atoms with van der Waals surface area (Å²) in [5.74, 6) is 0. The van der Waals surface area contributed by atoms with Gasteiger partial charge < -0.3 is 123 Å². The minimum atomic E-state index is -0.861. The average molecular weight is 1800 g/mol. The molecule has 0 rings (SSSR count). The third kappa shape index (κ3) is 58.5. The second kappa shape index (κ2) is 73.3. The van der Waals surface area contributed by atoms with Gasteiger partial charge >= 0.3 is 0 Å². The van der Waals surface area contributed by atoms with Crippen molar-refractivity contribution < 1.29 is 123 Å². The Labute approximate surface area is 600 Å². The molecule has 0 atom stereocenters. The first-order chi connectivity index (χ1) is 43.1. The smallest absolute Gasteiger partial charge is 0.148 e. The third-order valence-electron chi connectivity index (χ3n) is 10.3. The molecule has 38 heteroatoms. The quantitative estimate of drug-likeness (QED) is 0.0313. The molecule has 0 aromatic carbocycles. The fourth-order valence-corrected chi connectivity index (χ4v) is 8.39. The molecule has 0 aliphatic carbocycles. The Kier molecular flexibility index (Phi) is 78.0. The number of rotatable bonds is 74. The van der Waals surface area contributed by atoms with Crippen LogP contribution in [0.5, 0.6) is 0 Å². The Morgan fingerprint density at radius 1 is 0.159 bits per heavy atom. The van der Waals surface area contributed by atoms with Crippen molar-refractivity contribution in [1.82, 2.24) is 0 Å². The molecule has 0 amide bonds. The van der Waals surface area contributed by atoms with Crippen LogP contribution in [-0.4, -0.2) is 295 Å². The van der Waals surface area contributed by atoms with E-state index in [0.29, 0.717) is 71.6 Å². The molecule has 88 heavy (non-hydrogen) atoms. The fourth-order valence-electron chi connectivity index (χ4n) is 6.64. The first kappa shape index (κ1) is 93.6. The monoisotopic (exact) mass is 1790 g/mol. The lowest BCUT2D eigenvalue weighted by molar-refractivity contribution is -0.192. The summed E-state index contributed by atoms with van der Waals surface area (Å²) in [6, 6.07) is -0.247. The van der Waals surface area contributed by atoms with Gasteiger partial charge in [-0.25, -0.2) is 0 Å². The van der Waals surface area contributed by atoms with Crippen LogP contribution in [-0.2, 0) is 123 Å². The molecule has 0 saturated carbocycles. The molecule has 0 aromatic rings. The van der Waals surface area contributed by atoms with Crippen LogP contribution in [0, 0.1) is 21.7 Å². The van der Waals surface area contributed by atoms with Gasteiger partial charge in [0.05, 0.1) is 167 Å². The highest BCUT2D eigenvalue weighted by Crippen LogP contribution is 2.28. The van der Waals surface area contributed by atoms with E-state index in [9.17, 15) is 0 Å². The van der Waals surface area contributed by atoms with Gasteiger partial charge in [0.1, 0.15) is 118 Å². The molecule has 532 valence electrons. The van der Waals surface area contributed by atoms with Crippen LogP contribution in [0.15, 0.2) is 0 Å². The van der Waals surface area contributed by atoms with Gasteiger partial charge in [-0.1, -0.05) is 165 Å². The van der Waals surface area contributed by atoms with Crippen LogP contribution in [0.1, 0.15) is 0 Å². The molecule has 0 fully saturated rings. The average Bonchev–Trinajstić information content (AvgIpc) is 3.72. The van der Waals surface area contributed by atoms with E-state index in [4.69, 9.17) is 193 Å². The van der Waals surface area contributed by atoms with Crippen molar-refractivity contribution in [3.63, 3.8) is 0 Å². The maximum absolute atomic E-state index is 6.46. The molecule has 0 spiro atoms. The van der Waals surface area contributed by atoms with Crippen molar-refractivity contribution in [1.29, 1.82) is 0 Å². The normalized spacial score (nSPS) is 12.4. The molecule has 0 aromatic heterocycles. The highest BCUT2D eigenvalue weighted by molar-refractivity contribution is 9.10. The van der Waals surface area contributed by atoms with E-state index in [2.05, 4.69) is 95.6 Å². The van der Waals surface area contributed by atoms with E-state index in [-0.39, 0.29) is 224 Å². The van der Waals surface area contributed by atoms with Gasteiger partial charge in [0.15, 0.2) is 0 Å². The van der Waals surface area contributed by atoms with Gasteiger partial charge in [0.2, 0.25) is 0 Å². The molecule has 0 saturated heterocycles. The van der Waals surface area contributed by atoms with Crippen molar-refractivity contribution in [2.24, 2.45) is 21.7 Å². The topological polar surface area (TPSA) is 240 Å². The van der Waals surface area contributed by atoms with E-state index < -0.39 is 21.7 Å². The standard InChI is InChI=1S/C28H52Br6O13.C22H40Cl6O13/c29-1-7-35-21-42-15-27(16-43-22-36-8-2-30,17-44-23-37-9-3-31)13-41-14-28(18-45-24-38-10-4-32,19-46-25-39-11-5-33)20-47-26-40-12-6-34;23-9-36-15-30-3-21(4-31-16-37-10-24,5-32-17-38-11-25)1-29-2-22(6-33-18-39-12-26,7-34-19-40-13-27)8-35-20-41-14-28/h1-26H2;1-20H2. The zero-order valence-corrected chi connectivity index (χ0v) is 63.7. The first-order valence-electron chi connectivity index (χ1n) is 26.9. The maximum atomic E-state index is 6.46. The number of ether oxygens (including phenoxy) is 26. The van der Waals surface area contributed by atoms with Crippen molar-refractivity contribution in [2.75, 3.05) is 295 Å². The number of hydrogen-bond donors (Lipinski definition) is 0. The van der Waals surface area contributed by atoms with E-state index in [0.717, 1.165) is 0 Å².